The summed E-state index contributed by atoms with van der Waals surface area (Å²) in [7, 11) is 0. The van der Waals surface area contributed by atoms with Gasteiger partial charge in [-0.1, -0.05) is 13.8 Å². The Balaban J connectivity index is 0.00000126. The van der Waals surface area contributed by atoms with E-state index in [0.29, 0.717) is 33.3 Å². The predicted molar refractivity (Wildman–Crippen MR) is 104 cm³/mol. The Labute approximate surface area is 156 Å². The van der Waals surface area contributed by atoms with E-state index in [9.17, 15) is 14.9 Å². The summed E-state index contributed by atoms with van der Waals surface area (Å²) in [4.78, 5) is 29.5. The molecule has 8 nitrogen and oxygen atoms in total. The molecular formula is C19H22N4O4. The number of nitrogens with zero attached hydrogens (tertiary/aromatic N) is 2. The summed E-state index contributed by atoms with van der Waals surface area (Å²) in [6.07, 6.45) is 3.13. The topological polar surface area (TPSA) is 135 Å². The van der Waals surface area contributed by atoms with Crippen LogP contribution in [0.3, 0.4) is 0 Å². The molecule has 3 aromatic rings. The highest BCUT2D eigenvalue weighted by Gasteiger charge is 2.26. The molecule has 0 amide bonds. The van der Waals surface area contributed by atoms with Crippen molar-refractivity contribution in [1.82, 2.24) is 9.97 Å². The van der Waals surface area contributed by atoms with Gasteiger partial charge < -0.3 is 15.8 Å². The summed E-state index contributed by atoms with van der Waals surface area (Å²) in [6.45, 7) is 5.75. The fourth-order valence-electron chi connectivity index (χ4n) is 2.98. The van der Waals surface area contributed by atoms with E-state index in [1.807, 2.05) is 13.8 Å². The van der Waals surface area contributed by atoms with Crippen LogP contribution in [0, 0.1) is 17.0 Å². The summed E-state index contributed by atoms with van der Waals surface area (Å²) in [5, 5.41) is 21.3. The van der Waals surface area contributed by atoms with Crippen molar-refractivity contribution in [3.05, 3.63) is 58.0 Å². The molecule has 2 heterocycles. The van der Waals surface area contributed by atoms with Gasteiger partial charge in [-0.2, -0.15) is 0 Å². The first-order valence-electron chi connectivity index (χ1n) is 8.57. The normalized spacial score (nSPS) is 11.6. The highest BCUT2D eigenvalue weighted by molar-refractivity contribution is 6.00. The second kappa shape index (κ2) is 8.41. The van der Waals surface area contributed by atoms with Gasteiger partial charge in [-0.05, 0) is 42.3 Å². The molecule has 0 radical (unpaired) electrons. The first-order valence-corrected chi connectivity index (χ1v) is 8.57. The summed E-state index contributed by atoms with van der Waals surface area (Å²) in [5.74, 6) is -1.15. The molecule has 3 rings (SSSR count). The van der Waals surface area contributed by atoms with Gasteiger partial charge in [0.1, 0.15) is 6.04 Å². The lowest BCUT2D eigenvalue weighted by atomic mass is 9.97. The van der Waals surface area contributed by atoms with Gasteiger partial charge in [-0.15, -0.1) is 0 Å². The Morgan fingerprint density at radius 3 is 2.48 bits per heavy atom. The zero-order valence-electron chi connectivity index (χ0n) is 15.4. The SMILES string of the molecule is CC.Cc1[nH]c2ccc(-c3ccncc3)c([N+](=O)[O-])c2c1CC(N)C(=O)O. The van der Waals surface area contributed by atoms with Crippen LogP contribution in [0.4, 0.5) is 5.69 Å². The second-order valence-corrected chi connectivity index (χ2v) is 5.75. The largest absolute Gasteiger partial charge is 0.480 e. The number of hydrogen-bond donors (Lipinski definition) is 3. The smallest absolute Gasteiger partial charge is 0.320 e. The Kier molecular flexibility index (Phi) is 6.25. The molecule has 27 heavy (non-hydrogen) atoms. The van der Waals surface area contributed by atoms with E-state index in [0.717, 1.165) is 0 Å². The number of carbonyl (C=O) groups is 1. The van der Waals surface area contributed by atoms with Crippen LogP contribution in [-0.2, 0) is 11.2 Å². The number of aromatic amines is 1. The summed E-state index contributed by atoms with van der Waals surface area (Å²) in [5.41, 5.74) is 8.49. The molecule has 0 saturated carbocycles. The van der Waals surface area contributed by atoms with Gasteiger partial charge in [-0.25, -0.2) is 0 Å². The highest BCUT2D eigenvalue weighted by atomic mass is 16.6. The van der Waals surface area contributed by atoms with Gasteiger partial charge in [0.25, 0.3) is 5.69 Å². The maximum Gasteiger partial charge on any atom is 0.320 e. The fraction of sp³-hybridized carbons (Fsp3) is 0.263. The summed E-state index contributed by atoms with van der Waals surface area (Å²) in [6, 6.07) is 5.67. The number of carboxylic acid groups (broad SMARTS) is 1. The molecule has 1 unspecified atom stereocenters. The van der Waals surface area contributed by atoms with Crippen LogP contribution < -0.4 is 5.73 Å². The zero-order valence-corrected chi connectivity index (χ0v) is 15.4. The van der Waals surface area contributed by atoms with E-state index in [-0.39, 0.29) is 12.1 Å². The van der Waals surface area contributed by atoms with E-state index in [4.69, 9.17) is 10.8 Å². The maximum absolute atomic E-state index is 11.8. The van der Waals surface area contributed by atoms with Crippen LogP contribution in [0.5, 0.6) is 0 Å². The molecule has 1 aromatic carbocycles. The molecule has 8 heteroatoms. The number of carboxylic acids is 1. The fourth-order valence-corrected chi connectivity index (χ4v) is 2.98. The number of nitrogens with two attached hydrogens (primary N) is 1. The van der Waals surface area contributed by atoms with Gasteiger partial charge in [-0.3, -0.25) is 19.9 Å². The zero-order chi connectivity index (χ0) is 20.1. The van der Waals surface area contributed by atoms with Gasteiger partial charge in [0, 0.05) is 24.5 Å². The molecule has 0 aliphatic carbocycles. The number of H-pyrrole nitrogens is 1. The minimum atomic E-state index is -1.15. The number of pyridine rings is 1. The highest BCUT2D eigenvalue weighted by Crippen LogP contribution is 2.39. The number of fused-ring (bicyclic) bond motifs is 1. The molecule has 0 spiro atoms. The van der Waals surface area contributed by atoms with E-state index >= 15 is 0 Å². The van der Waals surface area contributed by atoms with E-state index in [1.165, 1.54) is 0 Å². The third-order valence-electron chi connectivity index (χ3n) is 4.17. The van der Waals surface area contributed by atoms with Crippen LogP contribution >= 0.6 is 0 Å². The molecule has 2 aromatic heterocycles. The van der Waals surface area contributed by atoms with Crippen molar-refractivity contribution < 1.29 is 14.8 Å². The number of aromatic nitrogens is 2. The summed E-state index contributed by atoms with van der Waals surface area (Å²) < 4.78 is 0. The molecule has 0 saturated heterocycles. The van der Waals surface area contributed by atoms with E-state index in [1.54, 1.807) is 43.6 Å². The van der Waals surface area contributed by atoms with Crippen molar-refractivity contribution in [2.75, 3.05) is 0 Å². The second-order valence-electron chi connectivity index (χ2n) is 5.75. The van der Waals surface area contributed by atoms with E-state index in [2.05, 4.69) is 9.97 Å². The monoisotopic (exact) mass is 370 g/mol. The lowest BCUT2D eigenvalue weighted by Gasteiger charge is -2.09. The van der Waals surface area contributed by atoms with Gasteiger partial charge >= 0.3 is 5.97 Å². The number of aryl methyl sites for hydroxylation is 1. The number of rotatable bonds is 5. The average Bonchev–Trinajstić information content (AvgIpc) is 2.98. The Morgan fingerprint density at radius 2 is 1.93 bits per heavy atom. The Hall–Kier alpha value is -3.26. The Bertz CT molecular complexity index is 967. The number of hydrogen-bond acceptors (Lipinski definition) is 5. The minimum Gasteiger partial charge on any atom is -0.480 e. The number of nitrogens with one attached hydrogen (secondary N) is 1. The third kappa shape index (κ3) is 3.95. The van der Waals surface area contributed by atoms with Crippen LogP contribution in [0.1, 0.15) is 25.1 Å². The molecule has 4 N–H and O–H groups in total. The Morgan fingerprint density at radius 1 is 1.30 bits per heavy atom. The molecule has 0 aliphatic rings. The lowest BCUT2D eigenvalue weighted by molar-refractivity contribution is -0.382. The van der Waals surface area contributed by atoms with Gasteiger partial charge in [0.05, 0.1) is 21.4 Å². The number of nitro groups is 1. The minimum absolute atomic E-state index is 0.00179. The van der Waals surface area contributed by atoms with E-state index < -0.39 is 16.9 Å². The standard InChI is InChI=1S/C17H16N4O4.C2H6/c1-9-12(8-13(18)17(22)23)15-14(20-9)3-2-11(16(15)21(24)25)10-4-6-19-7-5-10;1-2/h2-7,13,20H,8,18H2,1H3,(H,22,23);1-2H3. The first-order chi connectivity index (χ1) is 12.9. The van der Waals surface area contributed by atoms with Crippen LogP contribution in [0.2, 0.25) is 0 Å². The van der Waals surface area contributed by atoms with Crippen molar-refractivity contribution in [2.45, 2.75) is 33.2 Å². The van der Waals surface area contributed by atoms with Crippen molar-refractivity contribution in [2.24, 2.45) is 5.73 Å². The number of benzene rings is 1. The van der Waals surface area contributed by atoms with Crippen molar-refractivity contribution >= 4 is 22.6 Å². The molecule has 0 aliphatic heterocycles. The van der Waals surface area contributed by atoms with Crippen molar-refractivity contribution in [1.29, 1.82) is 0 Å². The molecule has 0 bridgehead atoms. The van der Waals surface area contributed by atoms with Crippen molar-refractivity contribution in [3.63, 3.8) is 0 Å². The average molecular weight is 370 g/mol. The van der Waals surface area contributed by atoms with Gasteiger partial charge in [0.15, 0.2) is 0 Å². The van der Waals surface area contributed by atoms with Gasteiger partial charge in [0.2, 0.25) is 0 Å². The molecule has 0 fully saturated rings. The third-order valence-corrected chi connectivity index (χ3v) is 4.17. The first kappa shape index (κ1) is 20.1. The molecule has 142 valence electrons. The van der Waals surface area contributed by atoms with Crippen LogP contribution in [0.15, 0.2) is 36.7 Å². The number of nitro benzene ring substituents is 1. The van der Waals surface area contributed by atoms with Crippen LogP contribution in [0.25, 0.3) is 22.0 Å². The molecular weight excluding hydrogens is 348 g/mol. The van der Waals surface area contributed by atoms with Crippen LogP contribution in [-0.4, -0.2) is 32.0 Å². The molecule has 1 atom stereocenters. The summed E-state index contributed by atoms with van der Waals surface area (Å²) >= 11 is 0. The van der Waals surface area contributed by atoms with Crippen molar-refractivity contribution in [3.8, 4) is 11.1 Å². The number of aliphatic carboxylic acids is 1. The quantitative estimate of drug-likeness (QED) is 0.465. The predicted octanol–water partition coefficient (Wildman–Crippen LogP) is 3.43. The lowest BCUT2D eigenvalue weighted by Crippen LogP contribution is -2.32. The maximum atomic E-state index is 11.8.